The summed E-state index contributed by atoms with van der Waals surface area (Å²) in [5, 5.41) is 10.2. The van der Waals surface area contributed by atoms with Gasteiger partial charge in [-0.3, -0.25) is 9.59 Å². The molecule has 10 heteroatoms. The number of amides is 2. The van der Waals surface area contributed by atoms with Crippen LogP contribution >= 0.6 is 23.2 Å². The van der Waals surface area contributed by atoms with Crippen LogP contribution in [0.25, 0.3) is 11.4 Å². The minimum absolute atomic E-state index is 0.150. The molecule has 0 saturated carbocycles. The highest BCUT2D eigenvalue weighted by Crippen LogP contribution is 2.21. The Kier molecular flexibility index (Phi) is 7.26. The van der Waals surface area contributed by atoms with Crippen LogP contribution in [0.2, 0.25) is 10.0 Å². The quantitative estimate of drug-likeness (QED) is 0.512. The number of ether oxygens (including phenoxy) is 1. The summed E-state index contributed by atoms with van der Waals surface area (Å²) in [6.07, 6.45) is 0. The predicted octanol–water partition coefficient (Wildman–Crippen LogP) is 3.28. The molecular formula is C20H18Cl2N4O4. The first-order chi connectivity index (χ1) is 14.4. The third-order valence-corrected chi connectivity index (χ3v) is 4.63. The van der Waals surface area contributed by atoms with Crippen molar-refractivity contribution in [2.45, 2.75) is 6.92 Å². The van der Waals surface area contributed by atoms with E-state index in [4.69, 9.17) is 32.5 Å². The van der Waals surface area contributed by atoms with Crippen LogP contribution in [-0.4, -0.2) is 41.7 Å². The van der Waals surface area contributed by atoms with Crippen molar-refractivity contribution in [3.8, 4) is 17.1 Å². The van der Waals surface area contributed by atoms with Gasteiger partial charge in [-0.25, -0.2) is 0 Å². The zero-order valence-electron chi connectivity index (χ0n) is 15.9. The van der Waals surface area contributed by atoms with E-state index < -0.39 is 5.91 Å². The second kappa shape index (κ2) is 10.1. The molecular weight excluding hydrogens is 431 g/mol. The summed E-state index contributed by atoms with van der Waals surface area (Å²) in [5.41, 5.74) is 1.53. The number of halogens is 2. The van der Waals surface area contributed by atoms with Crippen LogP contribution in [0.4, 0.5) is 0 Å². The average Bonchev–Trinajstić information content (AvgIpc) is 3.23. The lowest BCUT2D eigenvalue weighted by Gasteiger charge is -2.08. The zero-order chi connectivity index (χ0) is 21.5. The molecule has 2 aromatic carbocycles. The Morgan fingerprint density at radius 3 is 2.53 bits per heavy atom. The number of rotatable bonds is 8. The van der Waals surface area contributed by atoms with Crippen molar-refractivity contribution in [2.75, 3.05) is 19.7 Å². The number of hydrogen-bond acceptors (Lipinski definition) is 6. The third kappa shape index (κ3) is 5.95. The fraction of sp³-hybridized carbons (Fsp3) is 0.200. The Hall–Kier alpha value is -3.10. The van der Waals surface area contributed by atoms with Crippen molar-refractivity contribution in [1.29, 1.82) is 0 Å². The van der Waals surface area contributed by atoms with E-state index in [0.717, 1.165) is 5.56 Å². The molecule has 0 atom stereocenters. The summed E-state index contributed by atoms with van der Waals surface area (Å²) in [7, 11) is 0. The Balaban J connectivity index is 1.38. The Bertz CT molecular complexity index is 1040. The van der Waals surface area contributed by atoms with Gasteiger partial charge >= 0.3 is 11.8 Å². The molecule has 0 spiro atoms. The van der Waals surface area contributed by atoms with Gasteiger partial charge in [0.15, 0.2) is 6.61 Å². The first-order valence-electron chi connectivity index (χ1n) is 8.96. The molecule has 2 N–H and O–H groups in total. The number of benzene rings is 2. The molecule has 1 aromatic heterocycles. The maximum Gasteiger partial charge on any atom is 0.316 e. The standard InChI is InChI=1S/C20H18Cl2N4O4/c1-12-10-15(6-7-16(12)22)29-11-17(27)23-8-9-24-19(28)20-25-18(26-30-20)13-2-4-14(21)5-3-13/h2-7,10H,8-9,11H2,1H3,(H,23,27)(H,24,28). The molecule has 0 fully saturated rings. The highest BCUT2D eigenvalue weighted by molar-refractivity contribution is 6.31. The number of carbonyl (C=O) groups excluding carboxylic acids is 2. The molecule has 3 aromatic rings. The van der Waals surface area contributed by atoms with E-state index in [2.05, 4.69) is 20.8 Å². The van der Waals surface area contributed by atoms with Crippen LogP contribution < -0.4 is 15.4 Å². The van der Waals surface area contributed by atoms with Gasteiger partial charge in [-0.15, -0.1) is 0 Å². The molecule has 3 rings (SSSR count). The van der Waals surface area contributed by atoms with Gasteiger partial charge in [0.05, 0.1) is 0 Å². The predicted molar refractivity (Wildman–Crippen MR) is 112 cm³/mol. The molecule has 1 heterocycles. The van der Waals surface area contributed by atoms with E-state index in [-0.39, 0.29) is 37.3 Å². The fourth-order valence-corrected chi connectivity index (χ4v) is 2.64. The second-order valence-corrected chi connectivity index (χ2v) is 7.08. The molecule has 0 aliphatic carbocycles. The Morgan fingerprint density at radius 2 is 1.80 bits per heavy atom. The molecule has 156 valence electrons. The van der Waals surface area contributed by atoms with Crippen molar-refractivity contribution in [2.24, 2.45) is 0 Å². The molecule has 0 radical (unpaired) electrons. The van der Waals surface area contributed by atoms with Gasteiger partial charge in [-0.1, -0.05) is 28.4 Å². The maximum atomic E-state index is 12.1. The van der Waals surface area contributed by atoms with E-state index >= 15 is 0 Å². The van der Waals surface area contributed by atoms with Crippen molar-refractivity contribution in [1.82, 2.24) is 20.8 Å². The SMILES string of the molecule is Cc1cc(OCC(=O)NCCNC(=O)c2nc(-c3ccc(Cl)cc3)no2)ccc1Cl. The van der Waals surface area contributed by atoms with Crippen molar-refractivity contribution >= 4 is 35.0 Å². The highest BCUT2D eigenvalue weighted by atomic mass is 35.5. The van der Waals surface area contributed by atoms with Gasteiger partial charge in [0.2, 0.25) is 5.82 Å². The molecule has 2 amide bonds. The summed E-state index contributed by atoms with van der Waals surface area (Å²) in [6, 6.07) is 12.0. The largest absolute Gasteiger partial charge is 0.484 e. The van der Waals surface area contributed by atoms with Crippen molar-refractivity contribution in [3.05, 3.63) is 64.0 Å². The Labute approximate surface area is 182 Å². The van der Waals surface area contributed by atoms with E-state index in [9.17, 15) is 9.59 Å². The molecule has 0 saturated heterocycles. The smallest absolute Gasteiger partial charge is 0.316 e. The molecule has 0 bridgehead atoms. The fourth-order valence-electron chi connectivity index (χ4n) is 2.39. The van der Waals surface area contributed by atoms with Crippen LogP contribution in [0.5, 0.6) is 5.75 Å². The summed E-state index contributed by atoms with van der Waals surface area (Å²) >= 11 is 11.8. The van der Waals surface area contributed by atoms with Crippen LogP contribution in [0.1, 0.15) is 16.2 Å². The second-order valence-electron chi connectivity index (χ2n) is 6.24. The van der Waals surface area contributed by atoms with Gasteiger partial charge < -0.3 is 19.9 Å². The molecule has 8 nitrogen and oxygen atoms in total. The number of aromatic nitrogens is 2. The number of aryl methyl sites for hydroxylation is 1. The third-order valence-electron chi connectivity index (χ3n) is 3.95. The lowest BCUT2D eigenvalue weighted by molar-refractivity contribution is -0.123. The maximum absolute atomic E-state index is 12.1. The first-order valence-corrected chi connectivity index (χ1v) is 9.71. The average molecular weight is 449 g/mol. The van der Waals surface area contributed by atoms with Gasteiger partial charge in [-0.2, -0.15) is 4.98 Å². The number of nitrogens with zero attached hydrogens (tertiary/aromatic N) is 2. The van der Waals surface area contributed by atoms with Crippen LogP contribution in [0, 0.1) is 6.92 Å². The van der Waals surface area contributed by atoms with Crippen molar-refractivity contribution in [3.63, 3.8) is 0 Å². The first kappa shape index (κ1) is 21.6. The van der Waals surface area contributed by atoms with Crippen LogP contribution in [-0.2, 0) is 4.79 Å². The summed E-state index contributed by atoms with van der Waals surface area (Å²) in [4.78, 5) is 28.0. The van der Waals surface area contributed by atoms with Gasteiger partial charge in [-0.05, 0) is 55.0 Å². The lowest BCUT2D eigenvalue weighted by Crippen LogP contribution is -2.36. The lowest BCUT2D eigenvalue weighted by atomic mass is 10.2. The number of carbonyl (C=O) groups is 2. The Morgan fingerprint density at radius 1 is 1.07 bits per heavy atom. The van der Waals surface area contributed by atoms with Crippen LogP contribution in [0.15, 0.2) is 47.0 Å². The van der Waals surface area contributed by atoms with E-state index in [1.807, 2.05) is 6.92 Å². The summed E-state index contributed by atoms with van der Waals surface area (Å²) in [5.74, 6) is -0.204. The number of nitrogens with one attached hydrogen (secondary N) is 2. The van der Waals surface area contributed by atoms with Gasteiger partial charge in [0, 0.05) is 28.7 Å². The van der Waals surface area contributed by atoms with E-state index in [1.165, 1.54) is 0 Å². The molecule has 0 unspecified atom stereocenters. The summed E-state index contributed by atoms with van der Waals surface area (Å²) < 4.78 is 10.4. The minimum Gasteiger partial charge on any atom is -0.484 e. The van der Waals surface area contributed by atoms with Gasteiger partial charge in [0.25, 0.3) is 5.91 Å². The zero-order valence-corrected chi connectivity index (χ0v) is 17.5. The van der Waals surface area contributed by atoms with E-state index in [1.54, 1.807) is 42.5 Å². The molecule has 0 aliphatic rings. The van der Waals surface area contributed by atoms with Gasteiger partial charge in [0.1, 0.15) is 5.75 Å². The number of hydrogen-bond donors (Lipinski definition) is 2. The topological polar surface area (TPSA) is 106 Å². The minimum atomic E-state index is -0.537. The van der Waals surface area contributed by atoms with Crippen molar-refractivity contribution < 1.29 is 18.8 Å². The highest BCUT2D eigenvalue weighted by Gasteiger charge is 2.15. The monoisotopic (exact) mass is 448 g/mol. The van der Waals surface area contributed by atoms with Crippen LogP contribution in [0.3, 0.4) is 0 Å². The molecule has 0 aliphatic heterocycles. The summed E-state index contributed by atoms with van der Waals surface area (Å²) in [6.45, 7) is 2.10. The van der Waals surface area contributed by atoms with E-state index in [0.29, 0.717) is 21.4 Å². The molecule has 30 heavy (non-hydrogen) atoms. The normalized spacial score (nSPS) is 10.5.